The van der Waals surface area contributed by atoms with Crippen molar-refractivity contribution in [2.45, 2.75) is 76.8 Å². The average Bonchev–Trinajstić information content (AvgIpc) is 3.41. The number of nitro groups is 1. The number of methoxy groups -OCH3 is 1. The van der Waals surface area contributed by atoms with Crippen LogP contribution in [0.5, 0.6) is 0 Å². The molecule has 35 heavy (non-hydrogen) atoms. The number of esters is 1. The Morgan fingerprint density at radius 1 is 1.17 bits per heavy atom. The minimum Gasteiger partial charge on any atom is -0.468 e. The van der Waals surface area contributed by atoms with Gasteiger partial charge in [0.2, 0.25) is 5.82 Å². The van der Waals surface area contributed by atoms with Crippen LogP contribution >= 0.6 is 0 Å². The fraction of sp³-hybridized carbons (Fsp3) is 0.625. The Morgan fingerprint density at radius 3 is 2.29 bits per heavy atom. The van der Waals surface area contributed by atoms with Crippen LogP contribution in [0, 0.1) is 15.9 Å². The van der Waals surface area contributed by atoms with Crippen LogP contribution in [0.25, 0.3) is 10.9 Å². The van der Waals surface area contributed by atoms with Gasteiger partial charge in [0.15, 0.2) is 11.6 Å². The molecule has 2 aliphatic rings. The molecule has 3 atom stereocenters. The lowest BCUT2D eigenvalue weighted by Gasteiger charge is -2.31. The second-order valence-corrected chi connectivity index (χ2v) is 10.2. The van der Waals surface area contributed by atoms with E-state index in [2.05, 4.69) is 0 Å². The van der Waals surface area contributed by atoms with Crippen LogP contribution in [0.4, 0.5) is 10.1 Å². The first-order valence-electron chi connectivity index (χ1n) is 11.4. The summed E-state index contributed by atoms with van der Waals surface area (Å²) >= 11 is 0. The van der Waals surface area contributed by atoms with Crippen molar-refractivity contribution in [2.24, 2.45) is 0 Å². The van der Waals surface area contributed by atoms with Gasteiger partial charge in [-0.3, -0.25) is 14.9 Å². The van der Waals surface area contributed by atoms with Gasteiger partial charge in [-0.15, -0.1) is 0 Å². The van der Waals surface area contributed by atoms with Gasteiger partial charge in [-0.05, 0) is 47.1 Å². The number of rotatable bonds is 7. The zero-order valence-electron chi connectivity index (χ0n) is 20.8. The van der Waals surface area contributed by atoms with E-state index in [-0.39, 0.29) is 25.7 Å². The maximum Gasteiger partial charge on any atom is 0.317 e. The number of fused-ring (bicyclic) bond motifs is 1. The van der Waals surface area contributed by atoms with E-state index in [1.54, 1.807) is 45.3 Å². The molecule has 2 aromatic rings. The summed E-state index contributed by atoms with van der Waals surface area (Å²) in [6.45, 7) is 9.71. The monoisotopic (exact) mass is 494 g/mol. The largest absolute Gasteiger partial charge is 0.468 e. The number of carbonyl (C=O) groups is 1. The molecule has 0 amide bonds. The predicted octanol–water partition coefficient (Wildman–Crippen LogP) is 3.81. The van der Waals surface area contributed by atoms with Crippen molar-refractivity contribution in [1.29, 1.82) is 0 Å². The van der Waals surface area contributed by atoms with Crippen molar-refractivity contribution in [3.05, 3.63) is 39.8 Å². The molecule has 0 saturated carbocycles. The highest BCUT2D eigenvalue weighted by Gasteiger charge is 2.46. The first kappa shape index (κ1) is 25.5. The third kappa shape index (κ3) is 4.90. The van der Waals surface area contributed by atoms with Gasteiger partial charge < -0.3 is 28.3 Å². The summed E-state index contributed by atoms with van der Waals surface area (Å²) in [5, 5.41) is 11.8. The van der Waals surface area contributed by atoms with Gasteiger partial charge in [0.05, 0.1) is 43.4 Å². The summed E-state index contributed by atoms with van der Waals surface area (Å²) in [5.41, 5.74) is -0.976. The quantitative estimate of drug-likeness (QED) is 0.325. The summed E-state index contributed by atoms with van der Waals surface area (Å²) in [5.74, 6) is -3.07. The molecule has 0 N–H and O–H groups in total. The normalized spacial score (nSPS) is 25.0. The highest BCUT2D eigenvalue weighted by molar-refractivity contribution is 5.89. The summed E-state index contributed by atoms with van der Waals surface area (Å²) in [6.07, 6.45) is -0.571. The standard InChI is InChI=1S/C24H31FN2O8/c1-22(2)32-12-15(34-22)10-24(5,21(28)31-6)20-8-14-7-19(27(29)30)17(25)9-18(14)26(20)11-16-13-33-23(3,4)35-16/h7-9,15-16H,10-13H2,1-6H3/t15-,16+,24?/m0/s1. The highest BCUT2D eigenvalue weighted by atomic mass is 19.1. The van der Waals surface area contributed by atoms with E-state index in [1.165, 1.54) is 13.2 Å². The predicted molar refractivity (Wildman–Crippen MR) is 122 cm³/mol. The van der Waals surface area contributed by atoms with Crippen LogP contribution in [0.1, 0.15) is 46.7 Å². The van der Waals surface area contributed by atoms with Crippen LogP contribution < -0.4 is 0 Å². The zero-order valence-corrected chi connectivity index (χ0v) is 20.8. The Balaban J connectivity index is 1.85. The van der Waals surface area contributed by atoms with E-state index in [1.807, 2.05) is 0 Å². The molecule has 2 saturated heterocycles. The average molecular weight is 495 g/mol. The first-order chi connectivity index (χ1) is 16.2. The SMILES string of the molecule is COC(=O)C(C)(C[C@H]1COC(C)(C)O1)c1cc2cc([N+](=O)[O-])c(F)cc2n1C[C@@H]1COC(C)(C)O1. The van der Waals surface area contributed by atoms with Crippen molar-refractivity contribution >= 4 is 22.6 Å². The van der Waals surface area contributed by atoms with E-state index in [9.17, 15) is 19.3 Å². The lowest BCUT2D eigenvalue weighted by atomic mass is 9.80. The Kier molecular flexibility index (Phi) is 6.41. The molecule has 192 valence electrons. The van der Waals surface area contributed by atoms with E-state index < -0.39 is 45.5 Å². The molecule has 10 nitrogen and oxygen atoms in total. The molecule has 1 aromatic carbocycles. The van der Waals surface area contributed by atoms with Crippen molar-refractivity contribution in [2.75, 3.05) is 20.3 Å². The number of nitro benzene ring substituents is 1. The van der Waals surface area contributed by atoms with Gasteiger partial charge in [0, 0.05) is 23.2 Å². The highest BCUT2D eigenvalue weighted by Crippen LogP contribution is 2.40. The Morgan fingerprint density at radius 2 is 1.77 bits per heavy atom. The van der Waals surface area contributed by atoms with Crippen molar-refractivity contribution in [1.82, 2.24) is 4.57 Å². The molecular formula is C24H31FN2O8. The lowest BCUT2D eigenvalue weighted by Crippen LogP contribution is -2.41. The molecular weight excluding hydrogens is 463 g/mol. The maximum absolute atomic E-state index is 14.7. The number of hydrogen-bond acceptors (Lipinski definition) is 8. The van der Waals surface area contributed by atoms with Crippen LogP contribution in [0.15, 0.2) is 18.2 Å². The van der Waals surface area contributed by atoms with E-state index in [0.29, 0.717) is 23.2 Å². The molecule has 2 aliphatic heterocycles. The van der Waals surface area contributed by atoms with Gasteiger partial charge in [-0.25, -0.2) is 0 Å². The van der Waals surface area contributed by atoms with Crippen molar-refractivity contribution in [3.63, 3.8) is 0 Å². The molecule has 2 fully saturated rings. The van der Waals surface area contributed by atoms with E-state index >= 15 is 0 Å². The Labute approximate surface area is 202 Å². The van der Waals surface area contributed by atoms with Gasteiger partial charge >= 0.3 is 11.7 Å². The van der Waals surface area contributed by atoms with Gasteiger partial charge in [-0.2, -0.15) is 4.39 Å². The molecule has 0 bridgehead atoms. The van der Waals surface area contributed by atoms with Crippen LogP contribution in [0.2, 0.25) is 0 Å². The van der Waals surface area contributed by atoms with Crippen molar-refractivity contribution < 1.29 is 37.8 Å². The van der Waals surface area contributed by atoms with Gasteiger partial charge in [-0.1, -0.05) is 0 Å². The minimum absolute atomic E-state index is 0.220. The fourth-order valence-corrected chi connectivity index (χ4v) is 4.96. The molecule has 0 radical (unpaired) electrons. The van der Waals surface area contributed by atoms with Crippen LogP contribution in [-0.4, -0.2) is 59.6 Å². The van der Waals surface area contributed by atoms with E-state index in [4.69, 9.17) is 23.7 Å². The number of halogens is 1. The van der Waals surface area contributed by atoms with Gasteiger partial charge in [0.25, 0.3) is 0 Å². The third-order valence-corrected chi connectivity index (χ3v) is 6.52. The smallest absolute Gasteiger partial charge is 0.317 e. The maximum atomic E-state index is 14.7. The number of carbonyl (C=O) groups excluding carboxylic acids is 1. The number of nitrogens with zero attached hydrogens (tertiary/aromatic N) is 2. The lowest BCUT2D eigenvalue weighted by molar-refractivity contribution is -0.387. The third-order valence-electron chi connectivity index (χ3n) is 6.52. The first-order valence-corrected chi connectivity index (χ1v) is 11.4. The summed E-state index contributed by atoms with van der Waals surface area (Å²) in [6, 6.07) is 3.96. The zero-order chi connectivity index (χ0) is 25.8. The second kappa shape index (κ2) is 8.81. The molecule has 0 spiro atoms. The number of ether oxygens (including phenoxy) is 5. The summed E-state index contributed by atoms with van der Waals surface area (Å²) < 4.78 is 44.9. The summed E-state index contributed by atoms with van der Waals surface area (Å²) in [7, 11) is 1.30. The minimum atomic E-state index is -1.23. The number of hydrogen-bond donors (Lipinski definition) is 0. The van der Waals surface area contributed by atoms with E-state index in [0.717, 1.165) is 6.07 Å². The molecule has 4 rings (SSSR count). The van der Waals surface area contributed by atoms with Gasteiger partial charge in [0.1, 0.15) is 11.5 Å². The molecule has 11 heteroatoms. The van der Waals surface area contributed by atoms with Crippen LogP contribution in [-0.2, 0) is 40.4 Å². The number of benzene rings is 1. The fourth-order valence-electron chi connectivity index (χ4n) is 4.96. The Bertz CT molecular complexity index is 1160. The van der Waals surface area contributed by atoms with Crippen molar-refractivity contribution in [3.8, 4) is 0 Å². The summed E-state index contributed by atoms with van der Waals surface area (Å²) in [4.78, 5) is 23.8. The molecule has 3 heterocycles. The molecule has 1 unspecified atom stereocenters. The number of aromatic nitrogens is 1. The Hall–Kier alpha value is -2.60. The second-order valence-electron chi connectivity index (χ2n) is 10.2. The molecule has 1 aromatic heterocycles. The molecule has 0 aliphatic carbocycles. The van der Waals surface area contributed by atoms with Crippen LogP contribution in [0.3, 0.4) is 0 Å². The topological polar surface area (TPSA) is 111 Å².